The Balaban J connectivity index is 2.30. The Morgan fingerprint density at radius 3 is 2.78 bits per heavy atom. The minimum absolute atomic E-state index is 0.381. The maximum Gasteiger partial charge on any atom is 0.103 e. The van der Waals surface area contributed by atoms with Gasteiger partial charge in [0.1, 0.15) is 5.54 Å². The number of methoxy groups -OCH3 is 1. The van der Waals surface area contributed by atoms with Gasteiger partial charge in [0.05, 0.1) is 12.2 Å². The highest BCUT2D eigenvalue weighted by atomic mass is 16.5. The molecule has 0 aromatic heterocycles. The first-order chi connectivity index (χ1) is 8.54. The molecule has 0 radical (unpaired) electrons. The molecule has 0 bridgehead atoms. The van der Waals surface area contributed by atoms with Crippen LogP contribution >= 0.6 is 0 Å². The predicted molar refractivity (Wildman–Crippen MR) is 73.4 cm³/mol. The largest absolute Gasteiger partial charge is 0.381 e. The molecule has 0 spiro atoms. The lowest BCUT2D eigenvalue weighted by atomic mass is 9.96. The molecular formula is C14H27N3O. The van der Waals surface area contributed by atoms with Crippen LogP contribution in [0.4, 0.5) is 0 Å². The van der Waals surface area contributed by atoms with Crippen molar-refractivity contribution in [2.24, 2.45) is 0 Å². The van der Waals surface area contributed by atoms with Crippen molar-refractivity contribution >= 4 is 0 Å². The highest BCUT2D eigenvalue weighted by molar-refractivity contribution is 5.02. The summed E-state index contributed by atoms with van der Waals surface area (Å²) in [6.07, 6.45) is 4.64. The molecule has 1 fully saturated rings. The van der Waals surface area contributed by atoms with Crippen LogP contribution in [-0.4, -0.2) is 49.8 Å². The molecule has 0 aromatic rings. The van der Waals surface area contributed by atoms with Gasteiger partial charge in [0.25, 0.3) is 0 Å². The quantitative estimate of drug-likeness (QED) is 0.783. The number of ether oxygens (including phenoxy) is 1. The summed E-state index contributed by atoms with van der Waals surface area (Å²) in [6.45, 7) is 6.43. The van der Waals surface area contributed by atoms with Crippen LogP contribution in [0.15, 0.2) is 0 Å². The fraction of sp³-hybridized carbons (Fsp3) is 0.929. The van der Waals surface area contributed by atoms with Crippen molar-refractivity contribution in [2.75, 3.05) is 27.2 Å². The lowest BCUT2D eigenvalue weighted by Crippen LogP contribution is -2.44. The summed E-state index contributed by atoms with van der Waals surface area (Å²) in [4.78, 5) is 2.52. The Morgan fingerprint density at radius 1 is 1.56 bits per heavy atom. The fourth-order valence-corrected chi connectivity index (χ4v) is 2.60. The molecular weight excluding hydrogens is 226 g/mol. The molecule has 0 aliphatic carbocycles. The number of nitrogens with one attached hydrogen (secondary N) is 1. The van der Waals surface area contributed by atoms with Crippen LogP contribution in [0.1, 0.15) is 39.5 Å². The average molecular weight is 253 g/mol. The van der Waals surface area contributed by atoms with Crippen molar-refractivity contribution in [3.63, 3.8) is 0 Å². The van der Waals surface area contributed by atoms with Gasteiger partial charge in [-0.2, -0.15) is 5.26 Å². The van der Waals surface area contributed by atoms with Gasteiger partial charge in [0.2, 0.25) is 0 Å². The van der Waals surface area contributed by atoms with E-state index in [0.717, 1.165) is 38.8 Å². The molecule has 1 N–H and O–H groups in total. The third-order valence-corrected chi connectivity index (χ3v) is 4.22. The van der Waals surface area contributed by atoms with E-state index in [1.54, 1.807) is 7.11 Å². The second-order valence-corrected chi connectivity index (χ2v) is 5.56. The van der Waals surface area contributed by atoms with Gasteiger partial charge in [-0.3, -0.25) is 0 Å². The lowest BCUT2D eigenvalue weighted by molar-refractivity contribution is 0.0151. The van der Waals surface area contributed by atoms with E-state index in [9.17, 15) is 0 Å². The molecule has 0 aromatic carbocycles. The molecule has 18 heavy (non-hydrogen) atoms. The summed E-state index contributed by atoms with van der Waals surface area (Å²) in [7, 11) is 3.66. The highest BCUT2D eigenvalue weighted by Crippen LogP contribution is 2.20. The molecule has 0 saturated carbocycles. The molecule has 0 amide bonds. The van der Waals surface area contributed by atoms with Crippen LogP contribution < -0.4 is 5.32 Å². The summed E-state index contributed by atoms with van der Waals surface area (Å²) < 4.78 is 5.42. The fourth-order valence-electron chi connectivity index (χ4n) is 2.60. The lowest BCUT2D eigenvalue weighted by Gasteiger charge is -2.37. The van der Waals surface area contributed by atoms with Crippen molar-refractivity contribution in [1.29, 1.82) is 5.26 Å². The minimum atomic E-state index is -0.381. The molecule has 4 nitrogen and oxygen atoms in total. The van der Waals surface area contributed by atoms with Crippen molar-refractivity contribution in [3.8, 4) is 6.07 Å². The van der Waals surface area contributed by atoms with Crippen molar-refractivity contribution < 1.29 is 4.74 Å². The molecule has 4 heteroatoms. The van der Waals surface area contributed by atoms with Crippen LogP contribution in [0.5, 0.6) is 0 Å². The Labute approximate surface area is 111 Å². The van der Waals surface area contributed by atoms with E-state index in [1.165, 1.54) is 0 Å². The van der Waals surface area contributed by atoms with Gasteiger partial charge in [-0.1, -0.05) is 0 Å². The summed E-state index contributed by atoms with van der Waals surface area (Å²) in [6, 6.07) is 2.93. The summed E-state index contributed by atoms with van der Waals surface area (Å²) >= 11 is 0. The maximum absolute atomic E-state index is 9.10. The van der Waals surface area contributed by atoms with E-state index >= 15 is 0 Å². The number of likely N-dealkylation sites (tertiary alicyclic amines) is 1. The van der Waals surface area contributed by atoms with Crippen molar-refractivity contribution in [1.82, 2.24) is 10.2 Å². The number of piperidine rings is 1. The third-order valence-electron chi connectivity index (χ3n) is 4.22. The second-order valence-electron chi connectivity index (χ2n) is 5.56. The second kappa shape index (κ2) is 7.08. The first-order valence-corrected chi connectivity index (χ1v) is 6.91. The van der Waals surface area contributed by atoms with E-state index in [-0.39, 0.29) is 5.54 Å². The summed E-state index contributed by atoms with van der Waals surface area (Å²) in [5.41, 5.74) is -0.381. The highest BCUT2D eigenvalue weighted by Gasteiger charge is 2.26. The normalized spacial score (nSPS) is 28.6. The molecule has 1 saturated heterocycles. The first-order valence-electron chi connectivity index (χ1n) is 6.91. The Bertz CT molecular complexity index is 289. The molecule has 3 unspecified atom stereocenters. The zero-order chi connectivity index (χ0) is 13.6. The molecule has 1 aliphatic rings. The van der Waals surface area contributed by atoms with Crippen molar-refractivity contribution in [3.05, 3.63) is 0 Å². The number of rotatable bonds is 6. The standard InChI is InChI=1S/C14H27N3O/c1-12-10-13(18-4)6-9-17(12)8-5-7-14(2,11-15)16-3/h12-13,16H,5-10H2,1-4H3. The van der Waals surface area contributed by atoms with Crippen LogP contribution in [0.25, 0.3) is 0 Å². The topological polar surface area (TPSA) is 48.3 Å². The average Bonchev–Trinajstić information content (AvgIpc) is 2.40. The number of nitrogens with zero attached hydrogens (tertiary/aromatic N) is 2. The van der Waals surface area contributed by atoms with E-state index in [0.29, 0.717) is 12.1 Å². The van der Waals surface area contributed by atoms with Crippen LogP contribution in [0.3, 0.4) is 0 Å². The molecule has 1 heterocycles. The third kappa shape index (κ3) is 4.24. The monoisotopic (exact) mass is 253 g/mol. The Morgan fingerprint density at radius 2 is 2.28 bits per heavy atom. The van der Waals surface area contributed by atoms with Crippen molar-refractivity contribution in [2.45, 2.75) is 57.2 Å². The first kappa shape index (κ1) is 15.4. The zero-order valence-corrected chi connectivity index (χ0v) is 12.2. The number of hydrogen-bond donors (Lipinski definition) is 1. The van der Waals surface area contributed by atoms with E-state index in [4.69, 9.17) is 10.00 Å². The molecule has 3 atom stereocenters. The van der Waals surface area contributed by atoms with E-state index in [1.807, 2.05) is 14.0 Å². The summed E-state index contributed by atoms with van der Waals surface area (Å²) in [5, 5.41) is 12.2. The number of hydrogen-bond acceptors (Lipinski definition) is 4. The van der Waals surface area contributed by atoms with Crippen LogP contribution in [0, 0.1) is 11.3 Å². The zero-order valence-electron chi connectivity index (χ0n) is 12.2. The van der Waals surface area contributed by atoms with Gasteiger partial charge in [-0.15, -0.1) is 0 Å². The van der Waals surface area contributed by atoms with Gasteiger partial charge < -0.3 is 15.0 Å². The van der Waals surface area contributed by atoms with Gasteiger partial charge in [-0.25, -0.2) is 0 Å². The van der Waals surface area contributed by atoms with Crippen LogP contribution in [-0.2, 0) is 4.74 Å². The Kier molecular flexibility index (Phi) is 6.07. The van der Waals surface area contributed by atoms with Gasteiger partial charge in [0.15, 0.2) is 0 Å². The smallest absolute Gasteiger partial charge is 0.103 e. The van der Waals surface area contributed by atoms with Gasteiger partial charge in [0, 0.05) is 19.7 Å². The molecule has 104 valence electrons. The van der Waals surface area contributed by atoms with E-state index < -0.39 is 0 Å². The number of nitriles is 1. The molecule has 1 aliphatic heterocycles. The molecule has 1 rings (SSSR count). The Hall–Kier alpha value is -0.630. The maximum atomic E-state index is 9.10. The minimum Gasteiger partial charge on any atom is -0.381 e. The van der Waals surface area contributed by atoms with Crippen LogP contribution in [0.2, 0.25) is 0 Å². The summed E-state index contributed by atoms with van der Waals surface area (Å²) in [5.74, 6) is 0. The van der Waals surface area contributed by atoms with E-state index in [2.05, 4.69) is 23.2 Å². The van der Waals surface area contributed by atoms with Gasteiger partial charge in [-0.05, 0) is 53.1 Å². The predicted octanol–water partition coefficient (Wildman–Crippen LogP) is 1.77. The van der Waals surface area contributed by atoms with Gasteiger partial charge >= 0.3 is 0 Å². The SMILES string of the molecule is CNC(C)(C#N)CCCN1CCC(OC)CC1C.